The second kappa shape index (κ2) is 10.1. The van der Waals surface area contributed by atoms with Crippen LogP contribution in [0.3, 0.4) is 0 Å². The van der Waals surface area contributed by atoms with E-state index in [9.17, 15) is 17.6 Å². The van der Waals surface area contributed by atoms with Gasteiger partial charge in [0.15, 0.2) is 0 Å². The molecule has 0 aliphatic carbocycles. The molecule has 178 valence electrons. The number of nitrogens with one attached hydrogen (secondary N) is 2. The molecule has 8 heteroatoms. The minimum absolute atomic E-state index is 0.285. The maximum atomic E-state index is 13.5. The number of H-pyrrole nitrogens is 1. The van der Waals surface area contributed by atoms with Crippen molar-refractivity contribution in [1.29, 1.82) is 0 Å². The number of rotatable bonds is 9. The number of para-hydroxylation sites is 1. The summed E-state index contributed by atoms with van der Waals surface area (Å²) in [6.07, 6.45) is -3.31. The molecule has 1 unspecified atom stereocenters. The molecule has 2 N–H and O–H groups in total. The van der Waals surface area contributed by atoms with E-state index in [1.54, 1.807) is 6.07 Å². The van der Waals surface area contributed by atoms with Gasteiger partial charge in [-0.1, -0.05) is 30.3 Å². The fourth-order valence-electron chi connectivity index (χ4n) is 4.65. The Morgan fingerprint density at radius 2 is 1.94 bits per heavy atom. The smallest absolute Gasteiger partial charge is 0.401 e. The van der Waals surface area contributed by atoms with Crippen molar-refractivity contribution >= 4 is 10.9 Å². The Morgan fingerprint density at radius 1 is 1.12 bits per heavy atom. The maximum Gasteiger partial charge on any atom is 0.401 e. The van der Waals surface area contributed by atoms with Gasteiger partial charge in [-0.3, -0.25) is 9.29 Å². The van der Waals surface area contributed by atoms with Gasteiger partial charge in [-0.15, -0.1) is 0 Å². The summed E-state index contributed by atoms with van der Waals surface area (Å²) in [5, 5.41) is 4.16. The molecule has 2 atom stereocenters. The number of nitrogens with zero attached hydrogens (tertiary/aromatic N) is 1. The summed E-state index contributed by atoms with van der Waals surface area (Å²) in [7, 11) is 0. The zero-order valence-corrected chi connectivity index (χ0v) is 18.6. The number of hydrogen-bond acceptors (Lipinski definition) is 3. The van der Waals surface area contributed by atoms with Gasteiger partial charge in [-0.25, -0.2) is 0 Å². The topological polar surface area (TPSA) is 40.3 Å². The number of fused-ring (bicyclic) bond motifs is 3. The fraction of sp³-hybridized carbons (Fsp3) is 0.440. The first-order valence-electron chi connectivity index (χ1n) is 11.3. The second-order valence-electron chi connectivity index (χ2n) is 8.52. The highest BCUT2D eigenvalue weighted by molar-refractivity contribution is 5.85. The fourth-order valence-corrected chi connectivity index (χ4v) is 4.65. The van der Waals surface area contributed by atoms with Crippen molar-refractivity contribution in [2.45, 2.75) is 38.0 Å². The number of halogens is 4. The van der Waals surface area contributed by atoms with Crippen molar-refractivity contribution in [3.05, 3.63) is 65.4 Å². The third-order valence-electron chi connectivity index (χ3n) is 6.09. The molecule has 0 saturated heterocycles. The second-order valence-corrected chi connectivity index (χ2v) is 8.52. The van der Waals surface area contributed by atoms with E-state index in [1.165, 1.54) is 4.90 Å². The minimum Gasteiger partial charge on any atom is -0.492 e. The average molecular weight is 464 g/mol. The number of benzene rings is 2. The molecule has 1 aliphatic rings. The summed E-state index contributed by atoms with van der Waals surface area (Å²) in [5.41, 5.74) is 3.57. The van der Waals surface area contributed by atoms with Gasteiger partial charge in [-0.05, 0) is 55.6 Å². The van der Waals surface area contributed by atoms with Crippen molar-refractivity contribution < 1.29 is 22.3 Å². The molecule has 4 nitrogen and oxygen atoms in total. The largest absolute Gasteiger partial charge is 0.492 e. The highest BCUT2D eigenvalue weighted by Crippen LogP contribution is 2.42. The van der Waals surface area contributed by atoms with Crippen LogP contribution < -0.4 is 10.1 Å². The van der Waals surface area contributed by atoms with Gasteiger partial charge in [0.25, 0.3) is 0 Å². The summed E-state index contributed by atoms with van der Waals surface area (Å²) in [6, 6.07) is 14.3. The van der Waals surface area contributed by atoms with Gasteiger partial charge >= 0.3 is 6.18 Å². The molecule has 0 radical (unpaired) electrons. The Labute approximate surface area is 190 Å². The van der Waals surface area contributed by atoms with Crippen molar-refractivity contribution in [1.82, 2.24) is 15.2 Å². The van der Waals surface area contributed by atoms with Crippen LogP contribution in [0.2, 0.25) is 0 Å². The molecule has 3 aromatic rings. The third kappa shape index (κ3) is 5.50. The van der Waals surface area contributed by atoms with E-state index in [4.69, 9.17) is 4.74 Å². The van der Waals surface area contributed by atoms with Crippen LogP contribution in [0.1, 0.15) is 36.2 Å². The van der Waals surface area contributed by atoms with Gasteiger partial charge in [0.2, 0.25) is 0 Å². The zero-order chi connectivity index (χ0) is 23.4. The monoisotopic (exact) mass is 463 g/mol. The summed E-state index contributed by atoms with van der Waals surface area (Å²) in [4.78, 5) is 4.92. The molecule has 2 heterocycles. The number of aromatic amines is 1. The van der Waals surface area contributed by atoms with E-state index in [2.05, 4.69) is 10.3 Å². The molecule has 0 saturated carbocycles. The van der Waals surface area contributed by atoms with Crippen LogP contribution in [0.4, 0.5) is 17.6 Å². The minimum atomic E-state index is -4.31. The van der Waals surface area contributed by atoms with Crippen molar-refractivity contribution in [2.75, 3.05) is 32.9 Å². The van der Waals surface area contributed by atoms with Crippen LogP contribution >= 0.6 is 0 Å². The Morgan fingerprint density at radius 3 is 2.73 bits per heavy atom. The van der Waals surface area contributed by atoms with Crippen LogP contribution in [0, 0.1) is 0 Å². The number of hydrogen-bond donors (Lipinski definition) is 2. The van der Waals surface area contributed by atoms with E-state index in [-0.39, 0.29) is 12.7 Å². The van der Waals surface area contributed by atoms with Crippen molar-refractivity contribution in [2.24, 2.45) is 0 Å². The molecule has 0 spiro atoms. The molecule has 33 heavy (non-hydrogen) atoms. The molecular weight excluding hydrogens is 434 g/mol. The third-order valence-corrected chi connectivity index (χ3v) is 6.09. The van der Waals surface area contributed by atoms with E-state index in [0.717, 1.165) is 27.7 Å². The van der Waals surface area contributed by atoms with Crippen LogP contribution in [-0.4, -0.2) is 55.0 Å². The van der Waals surface area contributed by atoms with Gasteiger partial charge < -0.3 is 15.0 Å². The first kappa shape index (κ1) is 23.6. The molecule has 4 rings (SSSR count). The van der Waals surface area contributed by atoms with Crippen LogP contribution in [0.25, 0.3) is 10.9 Å². The first-order valence-corrected chi connectivity index (χ1v) is 11.3. The SMILES string of the molecule is C[C@@H]1Cc2c([nH]c3ccccc23)C(c2cccc(OCCNCCCF)c2)N1CC(F)(F)F. The van der Waals surface area contributed by atoms with Gasteiger partial charge in [0.1, 0.15) is 12.4 Å². The van der Waals surface area contributed by atoms with E-state index >= 15 is 0 Å². The molecule has 1 aromatic heterocycles. The lowest BCUT2D eigenvalue weighted by atomic mass is 9.88. The van der Waals surface area contributed by atoms with Gasteiger partial charge in [0, 0.05) is 29.2 Å². The van der Waals surface area contributed by atoms with Crippen LogP contribution in [0.15, 0.2) is 48.5 Å². The molecule has 2 aromatic carbocycles. The van der Waals surface area contributed by atoms with Crippen molar-refractivity contribution in [3.8, 4) is 5.75 Å². The standard InChI is InChI=1S/C25H29F4N3O/c1-17-14-21-20-8-2-3-9-22(20)31-23(21)24(32(17)16-25(27,28)29)18-6-4-7-19(15-18)33-13-12-30-11-5-10-26/h2-4,6-9,15,17,24,30-31H,5,10-14,16H2,1H3/t17-,24?/m1/s1. The highest BCUT2D eigenvalue weighted by Gasteiger charge is 2.41. The zero-order valence-electron chi connectivity index (χ0n) is 18.6. The number of ether oxygens (including phenoxy) is 1. The van der Waals surface area contributed by atoms with E-state index < -0.39 is 18.8 Å². The Hall–Kier alpha value is -2.58. The maximum absolute atomic E-state index is 13.5. The van der Waals surface area contributed by atoms with Crippen LogP contribution in [0.5, 0.6) is 5.75 Å². The first-order chi connectivity index (χ1) is 15.9. The lowest BCUT2D eigenvalue weighted by Gasteiger charge is -2.41. The molecule has 0 fully saturated rings. The highest BCUT2D eigenvalue weighted by atomic mass is 19.4. The molecular formula is C25H29F4N3O. The van der Waals surface area contributed by atoms with E-state index in [0.29, 0.717) is 38.3 Å². The quantitative estimate of drug-likeness (QED) is 0.330. The summed E-state index contributed by atoms with van der Waals surface area (Å²) >= 11 is 0. The molecule has 0 bridgehead atoms. The lowest BCUT2D eigenvalue weighted by molar-refractivity contribution is -0.155. The summed E-state index contributed by atoms with van der Waals surface area (Å²) in [6.45, 7) is 2.04. The van der Waals surface area contributed by atoms with Gasteiger partial charge in [0.05, 0.1) is 19.3 Å². The van der Waals surface area contributed by atoms with E-state index in [1.807, 2.05) is 49.4 Å². The predicted molar refractivity (Wildman–Crippen MR) is 121 cm³/mol. The van der Waals surface area contributed by atoms with Crippen molar-refractivity contribution in [3.63, 3.8) is 0 Å². The Kier molecular flexibility index (Phi) is 7.24. The predicted octanol–water partition coefficient (Wildman–Crippen LogP) is 5.39. The number of alkyl halides is 4. The lowest BCUT2D eigenvalue weighted by Crippen LogP contribution is -2.47. The molecule has 1 aliphatic heterocycles. The summed E-state index contributed by atoms with van der Waals surface area (Å²) < 4.78 is 58.6. The molecule has 0 amide bonds. The normalized spacial score (nSPS) is 19.1. The Bertz CT molecular complexity index is 1070. The van der Waals surface area contributed by atoms with Crippen LogP contribution in [-0.2, 0) is 6.42 Å². The Balaban J connectivity index is 1.64. The average Bonchev–Trinajstić information content (AvgIpc) is 3.14. The number of aromatic nitrogens is 1. The van der Waals surface area contributed by atoms with Gasteiger partial charge in [-0.2, -0.15) is 13.2 Å². The summed E-state index contributed by atoms with van der Waals surface area (Å²) in [5.74, 6) is 0.600.